The third-order valence-electron chi connectivity index (χ3n) is 4.58. The number of hydrogen-bond acceptors (Lipinski definition) is 3. The minimum Gasteiger partial charge on any atom is -0.361 e. The molecule has 4 heteroatoms. The molecule has 4 rings (SSSR count). The van der Waals surface area contributed by atoms with Crippen LogP contribution in [0.25, 0.3) is 10.9 Å². The van der Waals surface area contributed by atoms with Gasteiger partial charge in [-0.1, -0.05) is 18.2 Å². The Labute approximate surface area is 130 Å². The van der Waals surface area contributed by atoms with E-state index in [4.69, 9.17) is 0 Å². The summed E-state index contributed by atoms with van der Waals surface area (Å²) in [5, 5.41) is 1.34. The first-order valence-corrected chi connectivity index (χ1v) is 7.93. The van der Waals surface area contributed by atoms with Gasteiger partial charge < -0.3 is 4.98 Å². The molecule has 1 aliphatic rings. The molecule has 22 heavy (non-hydrogen) atoms. The fourth-order valence-electron chi connectivity index (χ4n) is 3.47. The molecule has 1 saturated heterocycles. The highest BCUT2D eigenvalue weighted by atomic mass is 15.1. The Kier molecular flexibility index (Phi) is 3.60. The van der Waals surface area contributed by atoms with Crippen LogP contribution in [0.1, 0.15) is 30.0 Å². The summed E-state index contributed by atoms with van der Waals surface area (Å²) in [6, 6.07) is 8.52. The molecule has 1 N–H and O–H groups in total. The lowest BCUT2D eigenvalue weighted by atomic mass is 9.94. The highest BCUT2D eigenvalue weighted by Gasteiger charge is 2.23. The molecule has 0 unspecified atom stereocenters. The number of H-pyrrole nitrogens is 1. The standard InChI is InChI=1S/C18H20N4/c1-2-6-17-16(5-1)15(10-21-17)13-22-9-3-4-14(12-22)18-11-19-7-8-20-18/h1-2,5-8,10-11,14,21H,3-4,9,12-13H2/t14-/m0/s1. The van der Waals surface area contributed by atoms with Crippen LogP contribution in [-0.4, -0.2) is 32.9 Å². The fourth-order valence-corrected chi connectivity index (χ4v) is 3.47. The number of para-hydroxylation sites is 1. The molecule has 1 aliphatic heterocycles. The second kappa shape index (κ2) is 5.89. The van der Waals surface area contributed by atoms with E-state index in [0.29, 0.717) is 5.92 Å². The van der Waals surface area contributed by atoms with Crippen molar-refractivity contribution in [1.29, 1.82) is 0 Å². The van der Waals surface area contributed by atoms with Crippen LogP contribution in [0.15, 0.2) is 49.1 Å². The smallest absolute Gasteiger partial charge is 0.0630 e. The first-order chi connectivity index (χ1) is 10.9. The van der Waals surface area contributed by atoms with Crippen molar-refractivity contribution in [3.63, 3.8) is 0 Å². The maximum atomic E-state index is 4.49. The first-order valence-electron chi connectivity index (χ1n) is 7.93. The molecule has 0 spiro atoms. The molecular formula is C18H20N4. The van der Waals surface area contributed by atoms with Crippen molar-refractivity contribution in [1.82, 2.24) is 19.9 Å². The Morgan fingerprint density at radius 2 is 2.18 bits per heavy atom. The van der Waals surface area contributed by atoms with E-state index in [0.717, 1.165) is 25.3 Å². The number of hydrogen-bond donors (Lipinski definition) is 1. The van der Waals surface area contributed by atoms with Gasteiger partial charge in [-0.05, 0) is 31.0 Å². The van der Waals surface area contributed by atoms with Crippen LogP contribution in [-0.2, 0) is 6.54 Å². The Hall–Kier alpha value is -2.20. The van der Waals surface area contributed by atoms with Crippen molar-refractivity contribution in [2.75, 3.05) is 13.1 Å². The number of fused-ring (bicyclic) bond motifs is 1. The molecule has 2 aromatic heterocycles. The zero-order valence-electron chi connectivity index (χ0n) is 12.6. The van der Waals surface area contributed by atoms with Crippen LogP contribution in [0, 0.1) is 0 Å². The molecule has 112 valence electrons. The summed E-state index contributed by atoms with van der Waals surface area (Å²) in [5.41, 5.74) is 3.74. The van der Waals surface area contributed by atoms with E-state index < -0.39 is 0 Å². The highest BCUT2D eigenvalue weighted by Crippen LogP contribution is 2.27. The second-order valence-corrected chi connectivity index (χ2v) is 6.06. The van der Waals surface area contributed by atoms with Gasteiger partial charge in [-0.25, -0.2) is 0 Å². The summed E-state index contributed by atoms with van der Waals surface area (Å²) in [5.74, 6) is 0.507. The molecule has 4 nitrogen and oxygen atoms in total. The third-order valence-corrected chi connectivity index (χ3v) is 4.58. The zero-order chi connectivity index (χ0) is 14.8. The molecule has 3 aromatic rings. The van der Waals surface area contributed by atoms with Gasteiger partial charge in [0.05, 0.1) is 5.69 Å². The minimum atomic E-state index is 0.507. The van der Waals surface area contributed by atoms with E-state index in [9.17, 15) is 0 Å². The summed E-state index contributed by atoms with van der Waals surface area (Å²) in [7, 11) is 0. The lowest BCUT2D eigenvalue weighted by Crippen LogP contribution is -2.34. The van der Waals surface area contributed by atoms with Crippen LogP contribution in [0.3, 0.4) is 0 Å². The van der Waals surface area contributed by atoms with Gasteiger partial charge >= 0.3 is 0 Å². The second-order valence-electron chi connectivity index (χ2n) is 6.06. The first kappa shape index (κ1) is 13.5. The van der Waals surface area contributed by atoms with Gasteiger partial charge in [-0.2, -0.15) is 0 Å². The largest absolute Gasteiger partial charge is 0.361 e. The van der Waals surface area contributed by atoms with E-state index in [1.807, 2.05) is 6.20 Å². The van der Waals surface area contributed by atoms with E-state index >= 15 is 0 Å². The molecular weight excluding hydrogens is 272 g/mol. The molecule has 3 heterocycles. The normalized spacial score (nSPS) is 19.5. The number of aromatic amines is 1. The topological polar surface area (TPSA) is 44.8 Å². The van der Waals surface area contributed by atoms with E-state index in [2.05, 4.69) is 50.3 Å². The molecule has 0 aliphatic carbocycles. The molecule has 0 saturated carbocycles. The van der Waals surface area contributed by atoms with Crippen LogP contribution in [0.2, 0.25) is 0 Å². The fraction of sp³-hybridized carbons (Fsp3) is 0.333. The van der Waals surface area contributed by atoms with Crippen molar-refractivity contribution < 1.29 is 0 Å². The summed E-state index contributed by atoms with van der Waals surface area (Å²) >= 11 is 0. The van der Waals surface area contributed by atoms with E-state index in [1.54, 1.807) is 12.4 Å². The molecule has 0 amide bonds. The predicted octanol–water partition coefficient (Wildman–Crippen LogP) is 3.34. The molecule has 1 fully saturated rings. The highest BCUT2D eigenvalue weighted by molar-refractivity contribution is 5.82. The zero-order valence-corrected chi connectivity index (χ0v) is 12.6. The molecule has 0 radical (unpaired) electrons. The minimum absolute atomic E-state index is 0.507. The quantitative estimate of drug-likeness (QED) is 0.805. The number of nitrogens with one attached hydrogen (secondary N) is 1. The predicted molar refractivity (Wildman–Crippen MR) is 87.6 cm³/mol. The molecule has 0 bridgehead atoms. The van der Waals surface area contributed by atoms with Gasteiger partial charge in [0.15, 0.2) is 0 Å². The van der Waals surface area contributed by atoms with Gasteiger partial charge in [0, 0.05) is 54.7 Å². The Morgan fingerprint density at radius 1 is 1.23 bits per heavy atom. The van der Waals surface area contributed by atoms with Crippen molar-refractivity contribution >= 4 is 10.9 Å². The van der Waals surface area contributed by atoms with Crippen molar-refractivity contribution in [3.05, 3.63) is 60.3 Å². The third kappa shape index (κ3) is 2.62. The average molecular weight is 292 g/mol. The lowest BCUT2D eigenvalue weighted by molar-refractivity contribution is 0.199. The molecule has 1 aromatic carbocycles. The monoisotopic (exact) mass is 292 g/mol. The van der Waals surface area contributed by atoms with Gasteiger partial charge in [-0.3, -0.25) is 14.9 Å². The maximum absolute atomic E-state index is 4.49. The van der Waals surface area contributed by atoms with E-state index in [-0.39, 0.29) is 0 Å². The number of nitrogens with zero attached hydrogens (tertiary/aromatic N) is 3. The Morgan fingerprint density at radius 3 is 3.09 bits per heavy atom. The van der Waals surface area contributed by atoms with Crippen LogP contribution >= 0.6 is 0 Å². The van der Waals surface area contributed by atoms with Crippen LogP contribution in [0.4, 0.5) is 0 Å². The van der Waals surface area contributed by atoms with Crippen molar-refractivity contribution in [2.24, 2.45) is 0 Å². The van der Waals surface area contributed by atoms with Crippen LogP contribution in [0.5, 0.6) is 0 Å². The average Bonchev–Trinajstić information content (AvgIpc) is 2.99. The number of aromatic nitrogens is 3. The van der Waals surface area contributed by atoms with Crippen molar-refractivity contribution in [3.8, 4) is 0 Å². The van der Waals surface area contributed by atoms with Gasteiger partial charge in [-0.15, -0.1) is 0 Å². The summed E-state index contributed by atoms with van der Waals surface area (Å²) < 4.78 is 0. The van der Waals surface area contributed by atoms with E-state index in [1.165, 1.54) is 29.3 Å². The van der Waals surface area contributed by atoms with Crippen molar-refractivity contribution in [2.45, 2.75) is 25.3 Å². The lowest BCUT2D eigenvalue weighted by Gasteiger charge is -2.32. The SMILES string of the molecule is c1ccc2c(CN3CCC[C@H](c4cnccn4)C3)c[nH]c2c1. The Bertz CT molecular complexity index is 750. The molecule has 1 atom stereocenters. The Balaban J connectivity index is 1.51. The summed E-state index contributed by atoms with van der Waals surface area (Å²) in [4.78, 5) is 14.6. The van der Waals surface area contributed by atoms with Gasteiger partial charge in [0.2, 0.25) is 0 Å². The van der Waals surface area contributed by atoms with Crippen LogP contribution < -0.4 is 0 Å². The van der Waals surface area contributed by atoms with Gasteiger partial charge in [0.25, 0.3) is 0 Å². The maximum Gasteiger partial charge on any atom is 0.0630 e. The summed E-state index contributed by atoms with van der Waals surface area (Å²) in [6.07, 6.45) is 10.0. The van der Waals surface area contributed by atoms with Gasteiger partial charge in [0.1, 0.15) is 0 Å². The number of benzene rings is 1. The summed E-state index contributed by atoms with van der Waals surface area (Å²) in [6.45, 7) is 3.23. The number of rotatable bonds is 3. The number of piperidine rings is 1. The number of likely N-dealkylation sites (tertiary alicyclic amines) is 1.